The molecule has 0 aliphatic rings. The number of rotatable bonds is 8. The Morgan fingerprint density at radius 1 is 1.00 bits per heavy atom. The van der Waals surface area contributed by atoms with Gasteiger partial charge < -0.3 is 15.4 Å². The predicted molar refractivity (Wildman–Crippen MR) is 116 cm³/mol. The molecule has 0 atom stereocenters. The number of ether oxygens (including phenoxy) is 1. The molecule has 0 heterocycles. The van der Waals surface area contributed by atoms with Crippen LogP contribution in [0.25, 0.3) is 0 Å². The molecule has 0 radical (unpaired) electrons. The van der Waals surface area contributed by atoms with Gasteiger partial charge in [-0.2, -0.15) is 0 Å². The van der Waals surface area contributed by atoms with Crippen molar-refractivity contribution in [3.63, 3.8) is 0 Å². The molecule has 2 aromatic carbocycles. The maximum Gasteiger partial charge on any atom is 0.191 e. The maximum atomic E-state index is 6.00. The Balaban J connectivity index is 0.00000312. The van der Waals surface area contributed by atoms with Crippen molar-refractivity contribution in [2.75, 3.05) is 19.6 Å². The topological polar surface area (TPSA) is 50.8 Å². The monoisotopic (exact) mass is 453 g/mol. The highest BCUT2D eigenvalue weighted by atomic mass is 127. The van der Waals surface area contributed by atoms with E-state index in [9.17, 15) is 0 Å². The van der Waals surface area contributed by atoms with Crippen molar-refractivity contribution in [1.82, 2.24) is 4.90 Å². The van der Waals surface area contributed by atoms with Crippen LogP contribution >= 0.6 is 24.0 Å². The van der Waals surface area contributed by atoms with E-state index in [2.05, 4.69) is 48.0 Å². The van der Waals surface area contributed by atoms with E-state index in [4.69, 9.17) is 10.5 Å². The van der Waals surface area contributed by atoms with E-state index in [1.165, 1.54) is 11.1 Å². The van der Waals surface area contributed by atoms with Gasteiger partial charge in [0.1, 0.15) is 12.4 Å². The van der Waals surface area contributed by atoms with E-state index in [-0.39, 0.29) is 24.0 Å². The molecule has 25 heavy (non-hydrogen) atoms. The fraction of sp³-hybridized carbons (Fsp3) is 0.350. The van der Waals surface area contributed by atoms with Gasteiger partial charge in [0.05, 0.1) is 0 Å². The first-order valence-electron chi connectivity index (χ1n) is 8.53. The average molecular weight is 453 g/mol. The van der Waals surface area contributed by atoms with Crippen LogP contribution in [0.4, 0.5) is 0 Å². The van der Waals surface area contributed by atoms with E-state index in [0.717, 1.165) is 25.3 Å². The summed E-state index contributed by atoms with van der Waals surface area (Å²) < 4.78 is 5.86. The van der Waals surface area contributed by atoms with Gasteiger partial charge in [-0.3, -0.25) is 4.99 Å². The molecule has 136 valence electrons. The fourth-order valence-electron chi connectivity index (χ4n) is 2.48. The number of hydrogen-bond donors (Lipinski definition) is 1. The van der Waals surface area contributed by atoms with E-state index < -0.39 is 0 Å². The van der Waals surface area contributed by atoms with Crippen LogP contribution in [-0.2, 0) is 13.0 Å². The van der Waals surface area contributed by atoms with Gasteiger partial charge in [0.25, 0.3) is 0 Å². The average Bonchev–Trinajstić information content (AvgIpc) is 2.62. The van der Waals surface area contributed by atoms with E-state index >= 15 is 0 Å². The summed E-state index contributed by atoms with van der Waals surface area (Å²) in [5, 5.41) is 0. The van der Waals surface area contributed by atoms with Crippen molar-refractivity contribution < 1.29 is 4.74 Å². The molecular weight excluding hydrogens is 425 g/mol. The van der Waals surface area contributed by atoms with Gasteiger partial charge in [-0.15, -0.1) is 24.0 Å². The van der Waals surface area contributed by atoms with Gasteiger partial charge in [-0.05, 0) is 43.5 Å². The largest absolute Gasteiger partial charge is 0.489 e. The summed E-state index contributed by atoms with van der Waals surface area (Å²) in [5.41, 5.74) is 8.37. The highest BCUT2D eigenvalue weighted by molar-refractivity contribution is 14.0. The molecule has 2 rings (SSSR count). The SMILES string of the molecule is CCN(CC)C(N)=NCCc1cccc(OCc2ccccc2)c1.I. The molecule has 0 saturated heterocycles. The summed E-state index contributed by atoms with van der Waals surface area (Å²) >= 11 is 0. The van der Waals surface area contributed by atoms with E-state index in [0.29, 0.717) is 19.1 Å². The lowest BCUT2D eigenvalue weighted by atomic mass is 10.1. The zero-order chi connectivity index (χ0) is 17.2. The summed E-state index contributed by atoms with van der Waals surface area (Å²) in [7, 11) is 0. The van der Waals surface area contributed by atoms with E-state index in [1.54, 1.807) is 0 Å². The van der Waals surface area contributed by atoms with Crippen LogP contribution in [0.3, 0.4) is 0 Å². The Morgan fingerprint density at radius 3 is 2.36 bits per heavy atom. The quantitative estimate of drug-likeness (QED) is 0.372. The number of guanidine groups is 1. The third kappa shape index (κ3) is 7.34. The van der Waals surface area contributed by atoms with Crippen molar-refractivity contribution in [1.29, 1.82) is 0 Å². The van der Waals surface area contributed by atoms with Crippen LogP contribution in [0.15, 0.2) is 59.6 Å². The van der Waals surface area contributed by atoms with Crippen LogP contribution in [0, 0.1) is 0 Å². The molecule has 0 aliphatic heterocycles. The van der Waals surface area contributed by atoms with Gasteiger partial charge in [0.15, 0.2) is 5.96 Å². The summed E-state index contributed by atoms with van der Waals surface area (Å²) in [6.07, 6.45) is 0.852. The van der Waals surface area contributed by atoms with Gasteiger partial charge in [0.2, 0.25) is 0 Å². The molecular formula is C20H28IN3O. The standard InChI is InChI=1S/C20H27N3O.HI/c1-3-23(4-2)20(21)22-14-13-17-11-8-12-19(15-17)24-16-18-9-6-5-7-10-18;/h5-12,15H,3-4,13-14,16H2,1-2H3,(H2,21,22);1H. The minimum Gasteiger partial charge on any atom is -0.489 e. The first-order chi connectivity index (χ1) is 11.7. The van der Waals surface area contributed by atoms with Gasteiger partial charge in [0, 0.05) is 19.6 Å². The second-order valence-electron chi connectivity index (χ2n) is 5.58. The van der Waals surface area contributed by atoms with Crippen LogP contribution < -0.4 is 10.5 Å². The summed E-state index contributed by atoms with van der Waals surface area (Å²) in [4.78, 5) is 6.52. The molecule has 4 nitrogen and oxygen atoms in total. The van der Waals surface area contributed by atoms with Crippen LogP contribution in [0.5, 0.6) is 5.75 Å². The smallest absolute Gasteiger partial charge is 0.191 e. The second kappa shape index (κ2) is 11.7. The number of nitrogens with zero attached hydrogens (tertiary/aromatic N) is 2. The molecule has 0 fully saturated rings. The van der Waals surface area contributed by atoms with Gasteiger partial charge >= 0.3 is 0 Å². The zero-order valence-corrected chi connectivity index (χ0v) is 17.4. The maximum absolute atomic E-state index is 6.00. The highest BCUT2D eigenvalue weighted by Crippen LogP contribution is 2.15. The third-order valence-corrected chi connectivity index (χ3v) is 3.91. The molecule has 0 bridgehead atoms. The van der Waals surface area contributed by atoms with Crippen molar-refractivity contribution in [3.8, 4) is 5.75 Å². The number of nitrogens with two attached hydrogens (primary N) is 1. The molecule has 0 aromatic heterocycles. The number of benzene rings is 2. The molecule has 0 unspecified atom stereocenters. The Morgan fingerprint density at radius 2 is 1.68 bits per heavy atom. The first-order valence-corrected chi connectivity index (χ1v) is 8.53. The lowest BCUT2D eigenvalue weighted by Crippen LogP contribution is -2.37. The Kier molecular flexibility index (Phi) is 9.99. The van der Waals surface area contributed by atoms with Crippen molar-refractivity contribution in [2.45, 2.75) is 26.9 Å². The van der Waals surface area contributed by atoms with Crippen molar-refractivity contribution >= 4 is 29.9 Å². The lowest BCUT2D eigenvalue weighted by molar-refractivity contribution is 0.306. The molecule has 0 amide bonds. The molecule has 0 aliphatic carbocycles. The number of hydrogen-bond acceptors (Lipinski definition) is 2. The Labute approximate surface area is 168 Å². The summed E-state index contributed by atoms with van der Waals surface area (Å²) in [5.74, 6) is 1.51. The summed E-state index contributed by atoms with van der Waals surface area (Å²) in [6.45, 7) is 7.20. The Bertz CT molecular complexity index is 642. The van der Waals surface area contributed by atoms with Crippen LogP contribution in [-0.4, -0.2) is 30.5 Å². The molecule has 2 aromatic rings. The van der Waals surface area contributed by atoms with Crippen LogP contribution in [0.2, 0.25) is 0 Å². The fourth-order valence-corrected chi connectivity index (χ4v) is 2.48. The first kappa shape index (κ1) is 21.3. The number of halogens is 1. The molecule has 2 N–H and O–H groups in total. The van der Waals surface area contributed by atoms with Gasteiger partial charge in [-0.1, -0.05) is 42.5 Å². The summed E-state index contributed by atoms with van der Waals surface area (Å²) in [6, 6.07) is 18.4. The zero-order valence-electron chi connectivity index (χ0n) is 15.0. The molecule has 0 saturated carbocycles. The lowest BCUT2D eigenvalue weighted by Gasteiger charge is -2.19. The number of aliphatic imine (C=N–C) groups is 1. The van der Waals surface area contributed by atoms with Crippen LogP contribution in [0.1, 0.15) is 25.0 Å². The highest BCUT2D eigenvalue weighted by Gasteiger charge is 2.02. The normalized spacial score (nSPS) is 10.9. The van der Waals surface area contributed by atoms with E-state index in [1.807, 2.05) is 30.3 Å². The third-order valence-electron chi connectivity index (χ3n) is 3.91. The Hall–Kier alpha value is -1.76. The van der Waals surface area contributed by atoms with Gasteiger partial charge in [-0.25, -0.2) is 0 Å². The predicted octanol–water partition coefficient (Wildman–Crippen LogP) is 4.08. The molecule has 0 spiro atoms. The minimum absolute atomic E-state index is 0. The van der Waals surface area contributed by atoms with Crippen molar-refractivity contribution in [3.05, 3.63) is 65.7 Å². The second-order valence-corrected chi connectivity index (χ2v) is 5.58. The van der Waals surface area contributed by atoms with Crippen molar-refractivity contribution in [2.24, 2.45) is 10.7 Å². The molecule has 5 heteroatoms. The minimum atomic E-state index is 0.